The number of rotatable bonds is 5. The van der Waals surface area contributed by atoms with E-state index in [0.29, 0.717) is 11.3 Å². The predicted octanol–water partition coefficient (Wildman–Crippen LogP) is 1.53. The van der Waals surface area contributed by atoms with Crippen LogP contribution in [0.5, 0.6) is 0 Å². The Kier molecular flexibility index (Phi) is 4.73. The second-order valence-corrected chi connectivity index (χ2v) is 4.48. The molecule has 1 aromatic heterocycles. The molecule has 0 aliphatic rings. The van der Waals surface area contributed by atoms with Crippen LogP contribution in [0.3, 0.4) is 0 Å². The van der Waals surface area contributed by atoms with E-state index in [4.69, 9.17) is 4.42 Å². The number of anilines is 1. The van der Waals surface area contributed by atoms with Gasteiger partial charge in [0.25, 0.3) is 5.91 Å². The molecule has 0 fully saturated rings. The van der Waals surface area contributed by atoms with Crippen LogP contribution in [0, 0.1) is 0 Å². The molecule has 6 nitrogen and oxygen atoms in total. The van der Waals surface area contributed by atoms with Crippen molar-refractivity contribution in [1.82, 2.24) is 5.32 Å². The minimum atomic E-state index is -0.741. The lowest BCUT2D eigenvalue weighted by molar-refractivity contribution is -0.117. The van der Waals surface area contributed by atoms with Crippen LogP contribution in [0.1, 0.15) is 23.0 Å². The number of hydrogen-bond acceptors (Lipinski definition) is 4. The average Bonchev–Trinajstić information content (AvgIpc) is 3.02. The van der Waals surface area contributed by atoms with Gasteiger partial charge < -0.3 is 20.2 Å². The van der Waals surface area contributed by atoms with Gasteiger partial charge in [0.15, 0.2) is 5.76 Å². The number of para-hydroxylation sites is 1. The third kappa shape index (κ3) is 3.70. The molecule has 6 heteroatoms. The van der Waals surface area contributed by atoms with Crippen molar-refractivity contribution in [2.45, 2.75) is 19.6 Å². The standard InChI is InChI=1S/C15H16N2O4/c1-10(16-15(20)13-7-4-8-21-13)14(19)17-12-6-3-2-5-11(12)9-18/h2-8,10,18H,9H2,1H3,(H,16,20)(H,17,19). The molecule has 0 aliphatic heterocycles. The smallest absolute Gasteiger partial charge is 0.287 e. The van der Waals surface area contributed by atoms with Crippen LogP contribution >= 0.6 is 0 Å². The first-order chi connectivity index (χ1) is 10.1. The van der Waals surface area contributed by atoms with E-state index in [-0.39, 0.29) is 18.3 Å². The van der Waals surface area contributed by atoms with Gasteiger partial charge in [-0.25, -0.2) is 0 Å². The fraction of sp³-hybridized carbons (Fsp3) is 0.200. The summed E-state index contributed by atoms with van der Waals surface area (Å²) in [6.07, 6.45) is 1.39. The van der Waals surface area contributed by atoms with Crippen LogP contribution in [0.15, 0.2) is 47.1 Å². The highest BCUT2D eigenvalue weighted by Crippen LogP contribution is 2.15. The van der Waals surface area contributed by atoms with E-state index in [9.17, 15) is 14.7 Å². The number of amides is 2. The van der Waals surface area contributed by atoms with Gasteiger partial charge >= 0.3 is 0 Å². The van der Waals surface area contributed by atoms with Crippen molar-refractivity contribution in [3.05, 3.63) is 54.0 Å². The van der Waals surface area contributed by atoms with Crippen molar-refractivity contribution in [3.8, 4) is 0 Å². The maximum atomic E-state index is 12.0. The van der Waals surface area contributed by atoms with Crippen LogP contribution in [0.25, 0.3) is 0 Å². The molecule has 1 aromatic carbocycles. The number of aliphatic hydroxyl groups is 1. The Morgan fingerprint density at radius 2 is 2.00 bits per heavy atom. The molecule has 2 rings (SSSR count). The second-order valence-electron chi connectivity index (χ2n) is 4.48. The molecule has 3 N–H and O–H groups in total. The lowest BCUT2D eigenvalue weighted by atomic mass is 10.2. The molecule has 0 saturated heterocycles. The van der Waals surface area contributed by atoms with E-state index < -0.39 is 11.9 Å². The van der Waals surface area contributed by atoms with Crippen LogP contribution in [0.4, 0.5) is 5.69 Å². The molecule has 0 bridgehead atoms. The Morgan fingerprint density at radius 1 is 1.24 bits per heavy atom. The maximum absolute atomic E-state index is 12.0. The molecule has 1 heterocycles. The summed E-state index contributed by atoms with van der Waals surface area (Å²) in [5.74, 6) is -0.695. The minimum absolute atomic E-state index is 0.144. The van der Waals surface area contributed by atoms with Crippen molar-refractivity contribution >= 4 is 17.5 Å². The van der Waals surface area contributed by atoms with E-state index >= 15 is 0 Å². The summed E-state index contributed by atoms with van der Waals surface area (Å²) in [4.78, 5) is 23.8. The summed E-state index contributed by atoms with van der Waals surface area (Å²) in [5, 5.41) is 14.4. The van der Waals surface area contributed by atoms with Gasteiger partial charge in [-0.15, -0.1) is 0 Å². The third-order valence-electron chi connectivity index (χ3n) is 2.93. The number of nitrogens with one attached hydrogen (secondary N) is 2. The molecule has 0 spiro atoms. The Labute approximate surface area is 121 Å². The summed E-state index contributed by atoms with van der Waals surface area (Å²) < 4.78 is 4.95. The Balaban J connectivity index is 1.98. The number of aliphatic hydroxyl groups excluding tert-OH is 1. The first-order valence-corrected chi connectivity index (χ1v) is 6.46. The van der Waals surface area contributed by atoms with E-state index in [2.05, 4.69) is 10.6 Å². The minimum Gasteiger partial charge on any atom is -0.459 e. The zero-order valence-corrected chi connectivity index (χ0v) is 11.5. The molecule has 110 valence electrons. The van der Waals surface area contributed by atoms with Gasteiger partial charge in [-0.3, -0.25) is 9.59 Å². The summed E-state index contributed by atoms with van der Waals surface area (Å²) in [5.41, 5.74) is 1.12. The Hall–Kier alpha value is -2.60. The van der Waals surface area contributed by atoms with E-state index in [1.807, 2.05) is 0 Å². The lowest BCUT2D eigenvalue weighted by Gasteiger charge is -2.15. The van der Waals surface area contributed by atoms with Gasteiger partial charge in [-0.1, -0.05) is 18.2 Å². The quantitative estimate of drug-likeness (QED) is 0.778. The van der Waals surface area contributed by atoms with Crippen molar-refractivity contribution in [2.75, 3.05) is 5.32 Å². The summed E-state index contributed by atoms with van der Waals surface area (Å²) in [6.45, 7) is 1.39. The van der Waals surface area contributed by atoms with Crippen LogP contribution in [-0.4, -0.2) is 23.0 Å². The normalized spacial score (nSPS) is 11.7. The van der Waals surface area contributed by atoms with E-state index in [1.54, 1.807) is 37.3 Å². The molecule has 2 aromatic rings. The van der Waals surface area contributed by atoms with Crippen LogP contribution < -0.4 is 10.6 Å². The summed E-state index contributed by atoms with van der Waals surface area (Å²) in [6, 6.07) is 9.28. The highest BCUT2D eigenvalue weighted by atomic mass is 16.3. The third-order valence-corrected chi connectivity index (χ3v) is 2.93. The van der Waals surface area contributed by atoms with Gasteiger partial charge in [-0.05, 0) is 25.1 Å². The number of carbonyl (C=O) groups is 2. The monoisotopic (exact) mass is 288 g/mol. The number of hydrogen-bond donors (Lipinski definition) is 3. The average molecular weight is 288 g/mol. The van der Waals surface area contributed by atoms with Crippen molar-refractivity contribution in [3.63, 3.8) is 0 Å². The maximum Gasteiger partial charge on any atom is 0.287 e. The highest BCUT2D eigenvalue weighted by Gasteiger charge is 2.18. The molecular formula is C15H16N2O4. The molecule has 0 saturated carbocycles. The largest absolute Gasteiger partial charge is 0.459 e. The first kappa shape index (κ1) is 14.8. The molecule has 2 amide bonds. The lowest BCUT2D eigenvalue weighted by Crippen LogP contribution is -2.41. The van der Waals surface area contributed by atoms with Crippen molar-refractivity contribution < 1.29 is 19.1 Å². The number of benzene rings is 1. The SMILES string of the molecule is CC(NC(=O)c1ccco1)C(=O)Nc1ccccc1CO. The van der Waals surface area contributed by atoms with Gasteiger partial charge in [-0.2, -0.15) is 0 Å². The van der Waals surface area contributed by atoms with Crippen molar-refractivity contribution in [2.24, 2.45) is 0 Å². The topological polar surface area (TPSA) is 91.6 Å². The van der Waals surface area contributed by atoms with Gasteiger partial charge in [0.1, 0.15) is 6.04 Å². The van der Waals surface area contributed by atoms with Gasteiger partial charge in [0.05, 0.1) is 12.9 Å². The summed E-state index contributed by atoms with van der Waals surface area (Å²) >= 11 is 0. The van der Waals surface area contributed by atoms with Crippen molar-refractivity contribution in [1.29, 1.82) is 0 Å². The molecule has 0 radical (unpaired) electrons. The number of carbonyl (C=O) groups excluding carboxylic acids is 2. The highest BCUT2D eigenvalue weighted by molar-refractivity contribution is 6.00. The van der Waals surface area contributed by atoms with Crippen LogP contribution in [0.2, 0.25) is 0 Å². The zero-order valence-electron chi connectivity index (χ0n) is 11.5. The number of furan rings is 1. The molecule has 0 aliphatic carbocycles. The van der Waals surface area contributed by atoms with Gasteiger partial charge in [0, 0.05) is 11.3 Å². The predicted molar refractivity (Wildman–Crippen MR) is 76.6 cm³/mol. The zero-order chi connectivity index (χ0) is 15.2. The Bertz CT molecular complexity index is 622. The van der Waals surface area contributed by atoms with Gasteiger partial charge in [0.2, 0.25) is 5.91 Å². The van der Waals surface area contributed by atoms with E-state index in [0.717, 1.165) is 0 Å². The molecule has 21 heavy (non-hydrogen) atoms. The molecule has 1 unspecified atom stereocenters. The Morgan fingerprint density at radius 3 is 2.67 bits per heavy atom. The second kappa shape index (κ2) is 6.71. The van der Waals surface area contributed by atoms with Crippen LogP contribution in [-0.2, 0) is 11.4 Å². The molecule has 1 atom stereocenters. The fourth-order valence-corrected chi connectivity index (χ4v) is 1.76. The summed E-state index contributed by atoms with van der Waals surface area (Å²) in [7, 11) is 0. The first-order valence-electron chi connectivity index (χ1n) is 6.46. The van der Waals surface area contributed by atoms with E-state index in [1.165, 1.54) is 12.3 Å². The molecular weight excluding hydrogens is 272 g/mol. The fourth-order valence-electron chi connectivity index (χ4n) is 1.76.